The topological polar surface area (TPSA) is 24.9 Å². The molecule has 0 fully saturated rings. The van der Waals surface area contributed by atoms with Gasteiger partial charge in [0.2, 0.25) is 0 Å². The van der Waals surface area contributed by atoms with Gasteiger partial charge in [-0.2, -0.15) is 0 Å². The molecule has 0 spiro atoms. The third-order valence-electron chi connectivity index (χ3n) is 3.67. The molecule has 0 saturated carbocycles. The van der Waals surface area contributed by atoms with Gasteiger partial charge < -0.3 is 5.32 Å². The maximum Gasteiger partial charge on any atom is 0.107 e. The first-order valence-electron chi connectivity index (χ1n) is 7.18. The first-order valence-corrected chi connectivity index (χ1v) is 8.00. The van der Waals surface area contributed by atoms with Crippen LogP contribution in [-0.2, 0) is 13.0 Å². The molecule has 108 valence electrons. The molecule has 20 heavy (non-hydrogen) atoms. The van der Waals surface area contributed by atoms with Gasteiger partial charge >= 0.3 is 0 Å². The Balaban J connectivity index is 1.84. The minimum atomic E-state index is 0.128. The second-order valence-electron chi connectivity index (χ2n) is 5.97. The van der Waals surface area contributed by atoms with E-state index >= 15 is 0 Å². The van der Waals surface area contributed by atoms with Gasteiger partial charge in [-0.05, 0) is 46.1 Å². The molecule has 0 radical (unpaired) electrons. The van der Waals surface area contributed by atoms with Gasteiger partial charge in [0.25, 0.3) is 0 Å². The van der Waals surface area contributed by atoms with Crippen molar-refractivity contribution in [3.63, 3.8) is 0 Å². The number of thiazole rings is 1. The fraction of sp³-hybridized carbons (Fsp3) is 0.471. The van der Waals surface area contributed by atoms with E-state index in [0.29, 0.717) is 0 Å². The molecule has 1 heterocycles. The van der Waals surface area contributed by atoms with Crippen molar-refractivity contribution in [3.05, 3.63) is 51.5 Å². The molecule has 0 unspecified atom stereocenters. The molecule has 1 N–H and O–H groups in total. The third kappa shape index (κ3) is 4.43. The van der Waals surface area contributed by atoms with Gasteiger partial charge in [0.05, 0.1) is 5.69 Å². The van der Waals surface area contributed by atoms with Crippen molar-refractivity contribution in [2.75, 3.05) is 0 Å². The average Bonchev–Trinajstić information content (AvgIpc) is 2.75. The van der Waals surface area contributed by atoms with Gasteiger partial charge in [0, 0.05) is 17.0 Å². The molecule has 0 aliphatic carbocycles. The fourth-order valence-electron chi connectivity index (χ4n) is 2.12. The SMILES string of the molecule is Cc1nc(CNC(C)(C)CCc2ccccc2)sc1C. The van der Waals surface area contributed by atoms with Crippen LogP contribution in [0.3, 0.4) is 0 Å². The zero-order valence-electron chi connectivity index (χ0n) is 12.9. The van der Waals surface area contributed by atoms with Crippen LogP contribution in [0, 0.1) is 13.8 Å². The predicted molar refractivity (Wildman–Crippen MR) is 87.3 cm³/mol. The van der Waals surface area contributed by atoms with Gasteiger partial charge in [-0.1, -0.05) is 30.3 Å². The Morgan fingerprint density at radius 2 is 1.85 bits per heavy atom. The third-order valence-corrected chi connectivity index (χ3v) is 4.75. The number of aromatic nitrogens is 1. The van der Waals surface area contributed by atoms with Crippen molar-refractivity contribution >= 4 is 11.3 Å². The Hall–Kier alpha value is -1.19. The first kappa shape index (κ1) is 15.2. The van der Waals surface area contributed by atoms with Crippen LogP contribution >= 0.6 is 11.3 Å². The van der Waals surface area contributed by atoms with Crippen LogP contribution in [0.25, 0.3) is 0 Å². The number of benzene rings is 1. The summed E-state index contributed by atoms with van der Waals surface area (Å²) in [5, 5.41) is 4.82. The largest absolute Gasteiger partial charge is 0.305 e. The molecule has 3 heteroatoms. The number of hydrogen-bond donors (Lipinski definition) is 1. The molecule has 0 bridgehead atoms. The van der Waals surface area contributed by atoms with Gasteiger partial charge in [-0.15, -0.1) is 11.3 Å². The van der Waals surface area contributed by atoms with E-state index in [4.69, 9.17) is 0 Å². The summed E-state index contributed by atoms with van der Waals surface area (Å²) in [4.78, 5) is 5.91. The lowest BCUT2D eigenvalue weighted by molar-refractivity contribution is 0.360. The minimum absolute atomic E-state index is 0.128. The maximum atomic E-state index is 4.59. The Kier molecular flexibility index (Phi) is 4.95. The molecule has 2 aromatic rings. The number of aryl methyl sites for hydroxylation is 3. The number of hydrogen-bond acceptors (Lipinski definition) is 3. The maximum absolute atomic E-state index is 4.59. The van der Waals surface area contributed by atoms with E-state index < -0.39 is 0 Å². The number of rotatable bonds is 6. The highest BCUT2D eigenvalue weighted by Crippen LogP contribution is 2.19. The molecular weight excluding hydrogens is 264 g/mol. The van der Waals surface area contributed by atoms with Gasteiger partial charge in [-0.3, -0.25) is 0 Å². The molecule has 2 rings (SSSR count). The molecule has 1 aromatic heterocycles. The Morgan fingerprint density at radius 3 is 2.45 bits per heavy atom. The van der Waals surface area contributed by atoms with E-state index in [1.165, 1.54) is 15.4 Å². The van der Waals surface area contributed by atoms with E-state index in [1.54, 1.807) is 11.3 Å². The summed E-state index contributed by atoms with van der Waals surface area (Å²) in [6.07, 6.45) is 2.23. The van der Waals surface area contributed by atoms with Crippen molar-refractivity contribution in [3.8, 4) is 0 Å². The van der Waals surface area contributed by atoms with Gasteiger partial charge in [0.1, 0.15) is 5.01 Å². The molecule has 0 saturated heterocycles. The van der Waals surface area contributed by atoms with Crippen LogP contribution in [0.5, 0.6) is 0 Å². The predicted octanol–water partition coefficient (Wildman–Crippen LogP) is 4.26. The Labute approximate surface area is 126 Å². The minimum Gasteiger partial charge on any atom is -0.305 e. The number of nitrogens with zero attached hydrogens (tertiary/aromatic N) is 1. The van der Waals surface area contributed by atoms with E-state index in [0.717, 1.165) is 25.1 Å². The highest BCUT2D eigenvalue weighted by Gasteiger charge is 2.17. The van der Waals surface area contributed by atoms with Crippen LogP contribution < -0.4 is 5.32 Å². The summed E-state index contributed by atoms with van der Waals surface area (Å²) < 4.78 is 0. The lowest BCUT2D eigenvalue weighted by Gasteiger charge is -2.26. The fourth-order valence-corrected chi connectivity index (χ4v) is 2.99. The van der Waals surface area contributed by atoms with E-state index in [-0.39, 0.29) is 5.54 Å². The Morgan fingerprint density at radius 1 is 1.15 bits per heavy atom. The average molecular weight is 288 g/mol. The van der Waals surface area contributed by atoms with Crippen LogP contribution in [0.2, 0.25) is 0 Å². The zero-order chi connectivity index (χ0) is 14.6. The van der Waals surface area contributed by atoms with Crippen molar-refractivity contribution in [2.24, 2.45) is 0 Å². The second-order valence-corrected chi connectivity index (χ2v) is 7.26. The molecule has 0 aliphatic heterocycles. The standard InChI is InChI=1S/C17H24N2S/c1-13-14(2)20-16(19-13)12-18-17(3,4)11-10-15-8-6-5-7-9-15/h5-9,18H,10-12H2,1-4H3. The van der Waals surface area contributed by atoms with Crippen molar-refractivity contribution < 1.29 is 0 Å². The van der Waals surface area contributed by atoms with Gasteiger partial charge in [0.15, 0.2) is 0 Å². The summed E-state index contributed by atoms with van der Waals surface area (Å²) in [7, 11) is 0. The van der Waals surface area contributed by atoms with Crippen LogP contribution in [0.4, 0.5) is 0 Å². The first-order chi connectivity index (χ1) is 9.46. The van der Waals surface area contributed by atoms with Crippen LogP contribution in [-0.4, -0.2) is 10.5 Å². The quantitative estimate of drug-likeness (QED) is 0.859. The summed E-state index contributed by atoms with van der Waals surface area (Å²) in [6, 6.07) is 10.7. The Bertz CT molecular complexity index is 524. The normalized spacial score (nSPS) is 11.8. The smallest absolute Gasteiger partial charge is 0.107 e. The van der Waals surface area contributed by atoms with E-state index in [2.05, 4.69) is 68.3 Å². The summed E-state index contributed by atoms with van der Waals surface area (Å²) in [6.45, 7) is 9.61. The highest BCUT2D eigenvalue weighted by molar-refractivity contribution is 7.11. The summed E-state index contributed by atoms with van der Waals surface area (Å²) in [5.41, 5.74) is 2.70. The summed E-state index contributed by atoms with van der Waals surface area (Å²) in [5.74, 6) is 0. The zero-order valence-corrected chi connectivity index (χ0v) is 13.7. The monoisotopic (exact) mass is 288 g/mol. The highest BCUT2D eigenvalue weighted by atomic mass is 32.1. The van der Waals surface area contributed by atoms with E-state index in [9.17, 15) is 0 Å². The van der Waals surface area contributed by atoms with Crippen molar-refractivity contribution in [2.45, 2.75) is 52.6 Å². The summed E-state index contributed by atoms with van der Waals surface area (Å²) >= 11 is 1.80. The molecular formula is C17H24N2S. The van der Waals surface area contributed by atoms with E-state index in [1.807, 2.05) is 0 Å². The van der Waals surface area contributed by atoms with Gasteiger partial charge in [-0.25, -0.2) is 4.98 Å². The van der Waals surface area contributed by atoms with Crippen LogP contribution in [0.15, 0.2) is 30.3 Å². The molecule has 2 nitrogen and oxygen atoms in total. The van der Waals surface area contributed by atoms with Crippen molar-refractivity contribution in [1.29, 1.82) is 0 Å². The lowest BCUT2D eigenvalue weighted by atomic mass is 9.95. The number of nitrogens with one attached hydrogen (secondary N) is 1. The van der Waals surface area contributed by atoms with Crippen molar-refractivity contribution in [1.82, 2.24) is 10.3 Å². The molecule has 0 atom stereocenters. The van der Waals surface area contributed by atoms with Crippen LogP contribution in [0.1, 0.15) is 41.4 Å². The molecule has 0 amide bonds. The molecule has 1 aromatic carbocycles. The second kappa shape index (κ2) is 6.51. The lowest BCUT2D eigenvalue weighted by Crippen LogP contribution is -2.39. The molecule has 0 aliphatic rings.